The lowest BCUT2D eigenvalue weighted by molar-refractivity contribution is 0.605. The zero-order valence-electron chi connectivity index (χ0n) is 12.3. The van der Waals surface area contributed by atoms with Crippen LogP contribution < -0.4 is 0 Å². The van der Waals surface area contributed by atoms with Gasteiger partial charge in [-0.3, -0.25) is 0 Å². The standard InChI is InChI=1S/C21H20/c1-4-10-16-11-5-2-9-15-20-18-13-7-3-6-12-17(18)19(14-8-1)21(16)20/h1,3-8,10-12,14,20H,2,9,13,15H2/b4-1-,8-1?,10-4?,11-5-,14-8-,16-10-,19-14?,21-16?. The van der Waals surface area contributed by atoms with E-state index in [2.05, 4.69) is 66.8 Å². The first kappa shape index (κ1) is 12.6. The molecule has 1 atom stereocenters. The van der Waals surface area contributed by atoms with E-state index in [9.17, 15) is 0 Å². The van der Waals surface area contributed by atoms with E-state index in [0.29, 0.717) is 5.92 Å². The summed E-state index contributed by atoms with van der Waals surface area (Å²) in [5, 5.41) is 0. The highest BCUT2D eigenvalue weighted by atomic mass is 14.4. The molecule has 0 aromatic heterocycles. The van der Waals surface area contributed by atoms with Gasteiger partial charge < -0.3 is 0 Å². The molecule has 0 heterocycles. The van der Waals surface area contributed by atoms with E-state index >= 15 is 0 Å². The highest BCUT2D eigenvalue weighted by molar-refractivity contribution is 5.68. The molecular formula is C21H20. The van der Waals surface area contributed by atoms with Gasteiger partial charge in [0.1, 0.15) is 0 Å². The number of hydrogen-bond acceptors (Lipinski definition) is 0. The molecule has 0 aliphatic heterocycles. The molecule has 4 aliphatic carbocycles. The van der Waals surface area contributed by atoms with Gasteiger partial charge in [-0.2, -0.15) is 0 Å². The van der Waals surface area contributed by atoms with Crippen molar-refractivity contribution < 1.29 is 0 Å². The Balaban J connectivity index is 1.93. The number of rotatable bonds is 0. The molecule has 0 radical (unpaired) electrons. The summed E-state index contributed by atoms with van der Waals surface area (Å²) in [4.78, 5) is 0. The van der Waals surface area contributed by atoms with Crippen LogP contribution in [0.3, 0.4) is 0 Å². The van der Waals surface area contributed by atoms with E-state index in [1.165, 1.54) is 36.0 Å². The second kappa shape index (κ2) is 5.37. The van der Waals surface area contributed by atoms with Crippen molar-refractivity contribution in [1.29, 1.82) is 0 Å². The third-order valence-electron chi connectivity index (χ3n) is 4.78. The quantitative estimate of drug-likeness (QED) is 0.545. The van der Waals surface area contributed by atoms with Crippen molar-refractivity contribution in [1.82, 2.24) is 0 Å². The van der Waals surface area contributed by atoms with Crippen LogP contribution in [0.4, 0.5) is 0 Å². The first-order valence-electron chi connectivity index (χ1n) is 7.98. The number of fused-ring (bicyclic) bond motifs is 2. The molecule has 4 aliphatic rings. The smallest absolute Gasteiger partial charge is 0.00727 e. The Morgan fingerprint density at radius 2 is 1.71 bits per heavy atom. The molecule has 0 N–H and O–H groups in total. The van der Waals surface area contributed by atoms with Crippen LogP contribution in [0.2, 0.25) is 0 Å². The maximum atomic E-state index is 2.34. The summed E-state index contributed by atoms with van der Waals surface area (Å²) in [6.07, 6.45) is 29.6. The molecule has 0 bridgehead atoms. The van der Waals surface area contributed by atoms with Gasteiger partial charge in [0.25, 0.3) is 0 Å². The fourth-order valence-electron chi connectivity index (χ4n) is 3.86. The van der Waals surface area contributed by atoms with Crippen LogP contribution in [-0.4, -0.2) is 0 Å². The minimum Gasteiger partial charge on any atom is -0.0839 e. The first-order chi connectivity index (χ1) is 10.4. The van der Waals surface area contributed by atoms with Crippen molar-refractivity contribution >= 4 is 0 Å². The van der Waals surface area contributed by atoms with Crippen LogP contribution >= 0.6 is 0 Å². The van der Waals surface area contributed by atoms with Gasteiger partial charge >= 0.3 is 0 Å². The Morgan fingerprint density at radius 1 is 0.810 bits per heavy atom. The van der Waals surface area contributed by atoms with Crippen LogP contribution in [0.25, 0.3) is 0 Å². The summed E-state index contributed by atoms with van der Waals surface area (Å²) in [5.41, 5.74) is 7.49. The molecule has 0 saturated carbocycles. The van der Waals surface area contributed by atoms with Crippen molar-refractivity contribution in [3.8, 4) is 0 Å². The van der Waals surface area contributed by atoms with Crippen LogP contribution in [0.1, 0.15) is 25.7 Å². The van der Waals surface area contributed by atoms with Gasteiger partial charge in [-0.05, 0) is 48.0 Å². The SMILES string of the molecule is C1=CCC2=C(C=C1)C1=C3C(=C\C=C/C=C\1)/C=C\CCCC23. The predicted molar refractivity (Wildman–Crippen MR) is 89.8 cm³/mol. The zero-order valence-corrected chi connectivity index (χ0v) is 12.3. The summed E-state index contributed by atoms with van der Waals surface area (Å²) in [6, 6.07) is 0. The minimum atomic E-state index is 0.606. The van der Waals surface area contributed by atoms with E-state index in [1.807, 2.05) is 0 Å². The van der Waals surface area contributed by atoms with Crippen LogP contribution in [0.5, 0.6) is 0 Å². The average molecular weight is 272 g/mol. The van der Waals surface area contributed by atoms with Gasteiger partial charge in [-0.1, -0.05) is 72.4 Å². The average Bonchev–Trinajstić information content (AvgIpc) is 2.63. The minimum absolute atomic E-state index is 0.606. The van der Waals surface area contributed by atoms with Crippen LogP contribution in [0.15, 0.2) is 94.7 Å². The molecule has 0 aromatic carbocycles. The van der Waals surface area contributed by atoms with Crippen molar-refractivity contribution in [2.75, 3.05) is 0 Å². The van der Waals surface area contributed by atoms with Crippen molar-refractivity contribution in [2.24, 2.45) is 5.92 Å². The first-order valence-corrected chi connectivity index (χ1v) is 7.98. The lowest BCUT2D eigenvalue weighted by Gasteiger charge is -2.22. The molecule has 0 amide bonds. The van der Waals surface area contributed by atoms with Crippen molar-refractivity contribution in [3.05, 3.63) is 94.7 Å². The van der Waals surface area contributed by atoms with E-state index < -0.39 is 0 Å². The van der Waals surface area contributed by atoms with E-state index in [1.54, 1.807) is 11.1 Å². The van der Waals surface area contributed by atoms with Gasteiger partial charge in [-0.25, -0.2) is 0 Å². The Hall–Kier alpha value is -2.08. The van der Waals surface area contributed by atoms with Crippen LogP contribution in [0, 0.1) is 5.92 Å². The summed E-state index contributed by atoms with van der Waals surface area (Å²) >= 11 is 0. The van der Waals surface area contributed by atoms with Gasteiger partial charge in [0.2, 0.25) is 0 Å². The lowest BCUT2D eigenvalue weighted by Crippen LogP contribution is -2.08. The molecule has 0 heteroatoms. The number of hydrogen-bond donors (Lipinski definition) is 0. The molecule has 4 rings (SSSR count). The Kier molecular flexibility index (Phi) is 3.23. The normalized spacial score (nSPS) is 33.7. The molecule has 0 aromatic rings. The Bertz CT molecular complexity index is 696. The fraction of sp³-hybridized carbons (Fsp3) is 0.238. The second-order valence-corrected chi connectivity index (χ2v) is 6.01. The Morgan fingerprint density at radius 3 is 2.71 bits per heavy atom. The van der Waals surface area contributed by atoms with E-state index in [-0.39, 0.29) is 0 Å². The third kappa shape index (κ3) is 2.15. The summed E-state index contributed by atoms with van der Waals surface area (Å²) in [6.45, 7) is 0. The summed E-state index contributed by atoms with van der Waals surface area (Å²) < 4.78 is 0. The number of allylic oxidation sites excluding steroid dienone is 16. The summed E-state index contributed by atoms with van der Waals surface area (Å²) in [5.74, 6) is 0.606. The molecule has 21 heavy (non-hydrogen) atoms. The van der Waals surface area contributed by atoms with Gasteiger partial charge in [0, 0.05) is 5.92 Å². The topological polar surface area (TPSA) is 0 Å². The maximum Gasteiger partial charge on any atom is 0.00727 e. The molecule has 1 unspecified atom stereocenters. The van der Waals surface area contributed by atoms with Gasteiger partial charge in [0.05, 0.1) is 0 Å². The maximum absolute atomic E-state index is 2.34. The van der Waals surface area contributed by atoms with E-state index in [0.717, 1.165) is 6.42 Å². The second-order valence-electron chi connectivity index (χ2n) is 6.01. The van der Waals surface area contributed by atoms with Gasteiger partial charge in [0.15, 0.2) is 0 Å². The van der Waals surface area contributed by atoms with Crippen molar-refractivity contribution in [3.63, 3.8) is 0 Å². The molecule has 104 valence electrons. The molecule has 0 saturated heterocycles. The lowest BCUT2D eigenvalue weighted by atomic mass is 9.82. The molecule has 0 spiro atoms. The van der Waals surface area contributed by atoms with E-state index in [4.69, 9.17) is 0 Å². The monoisotopic (exact) mass is 272 g/mol. The summed E-state index contributed by atoms with van der Waals surface area (Å²) in [7, 11) is 0. The molecular weight excluding hydrogens is 252 g/mol. The third-order valence-corrected chi connectivity index (χ3v) is 4.78. The predicted octanol–water partition coefficient (Wildman–Crippen LogP) is 5.52. The fourth-order valence-corrected chi connectivity index (χ4v) is 3.86. The highest BCUT2D eigenvalue weighted by Crippen LogP contribution is 2.47. The molecule has 0 nitrogen and oxygen atoms in total. The van der Waals surface area contributed by atoms with Crippen molar-refractivity contribution in [2.45, 2.75) is 25.7 Å². The largest absolute Gasteiger partial charge is 0.0839 e. The zero-order chi connectivity index (χ0) is 14.1. The van der Waals surface area contributed by atoms with Crippen LogP contribution in [-0.2, 0) is 0 Å². The molecule has 0 fully saturated rings. The Labute approximate surface area is 126 Å². The highest BCUT2D eigenvalue weighted by Gasteiger charge is 2.32. The van der Waals surface area contributed by atoms with Gasteiger partial charge in [-0.15, -0.1) is 0 Å².